The highest BCUT2D eigenvalue weighted by Gasteiger charge is 2.01. The molecule has 2 aromatic rings. The number of H-pyrrole nitrogens is 1. The largest absolute Gasteiger partial charge is 0.254 e. The minimum atomic E-state index is 0.669. The number of aromatic amines is 1. The average molecular weight is 193 g/mol. The third-order valence-electron chi connectivity index (χ3n) is 1.34. The molecule has 0 aliphatic rings. The van der Waals surface area contributed by atoms with Crippen molar-refractivity contribution in [3.05, 3.63) is 24.3 Å². The van der Waals surface area contributed by atoms with Gasteiger partial charge in [-0.3, -0.25) is 5.10 Å². The topological polar surface area (TPSA) is 67.3 Å². The summed E-state index contributed by atoms with van der Waals surface area (Å²) in [5.41, 5.74) is 1.04. The predicted molar refractivity (Wildman–Crippen MR) is 47.3 cm³/mol. The van der Waals surface area contributed by atoms with Crippen LogP contribution < -0.4 is 0 Å². The lowest BCUT2D eigenvalue weighted by Gasteiger charge is -1.94. The summed E-state index contributed by atoms with van der Waals surface area (Å²) in [5.74, 6) is 0. The summed E-state index contributed by atoms with van der Waals surface area (Å²) < 4.78 is 0. The van der Waals surface area contributed by atoms with E-state index in [2.05, 4.69) is 25.1 Å². The first kappa shape index (κ1) is 8.18. The van der Waals surface area contributed by atoms with Crippen molar-refractivity contribution >= 4 is 11.8 Å². The van der Waals surface area contributed by atoms with Crippen LogP contribution in [0.3, 0.4) is 0 Å². The lowest BCUT2D eigenvalue weighted by molar-refractivity contribution is 0.923. The molecule has 0 radical (unpaired) electrons. The number of nitrogens with zero attached hydrogens (tertiary/aromatic N) is 4. The van der Waals surface area contributed by atoms with Gasteiger partial charge < -0.3 is 0 Å². The van der Waals surface area contributed by atoms with Gasteiger partial charge in [-0.15, -0.1) is 0 Å². The number of nitrogens with one attached hydrogen (secondary N) is 1. The Bertz CT molecular complexity index is 368. The van der Waals surface area contributed by atoms with E-state index < -0.39 is 0 Å². The molecule has 1 N–H and O–H groups in total. The standard InChI is InChI=1S/C7H7N5S/c1-5-2-8-6(9-3-5)13-7-10-4-11-12-7/h2-4H,1H3,(H,10,11,12). The van der Waals surface area contributed by atoms with E-state index in [1.807, 2.05) is 6.92 Å². The van der Waals surface area contributed by atoms with Crippen LogP contribution in [0, 0.1) is 6.92 Å². The molecule has 0 saturated carbocycles. The third kappa shape index (κ3) is 2.03. The van der Waals surface area contributed by atoms with E-state index in [0.717, 1.165) is 5.56 Å². The van der Waals surface area contributed by atoms with Crippen LogP contribution in [0.4, 0.5) is 0 Å². The molecular weight excluding hydrogens is 186 g/mol. The summed E-state index contributed by atoms with van der Waals surface area (Å²) >= 11 is 1.35. The molecule has 0 bridgehead atoms. The fraction of sp³-hybridized carbons (Fsp3) is 0.143. The van der Waals surface area contributed by atoms with E-state index in [0.29, 0.717) is 10.3 Å². The minimum Gasteiger partial charge on any atom is -0.254 e. The maximum atomic E-state index is 4.12. The van der Waals surface area contributed by atoms with Crippen molar-refractivity contribution < 1.29 is 0 Å². The number of hydrogen-bond acceptors (Lipinski definition) is 5. The Balaban J connectivity index is 2.15. The zero-order valence-corrected chi connectivity index (χ0v) is 7.75. The molecule has 2 heterocycles. The van der Waals surface area contributed by atoms with Crippen molar-refractivity contribution in [2.45, 2.75) is 17.2 Å². The second kappa shape index (κ2) is 3.53. The minimum absolute atomic E-state index is 0.669. The van der Waals surface area contributed by atoms with Gasteiger partial charge in [0, 0.05) is 12.4 Å². The van der Waals surface area contributed by atoms with E-state index in [1.165, 1.54) is 18.1 Å². The van der Waals surface area contributed by atoms with Crippen LogP contribution in [0.2, 0.25) is 0 Å². The molecule has 66 valence electrons. The summed E-state index contributed by atoms with van der Waals surface area (Å²) in [6, 6.07) is 0. The smallest absolute Gasteiger partial charge is 0.195 e. The van der Waals surface area contributed by atoms with Crippen molar-refractivity contribution in [1.82, 2.24) is 25.1 Å². The lowest BCUT2D eigenvalue weighted by Crippen LogP contribution is -1.87. The number of aromatic nitrogens is 5. The summed E-state index contributed by atoms with van der Waals surface area (Å²) in [6.45, 7) is 1.95. The van der Waals surface area contributed by atoms with Crippen LogP contribution in [-0.2, 0) is 0 Å². The van der Waals surface area contributed by atoms with E-state index in [1.54, 1.807) is 12.4 Å². The fourth-order valence-electron chi connectivity index (χ4n) is 0.763. The number of rotatable bonds is 2. The molecule has 5 nitrogen and oxygen atoms in total. The molecule has 0 atom stereocenters. The summed E-state index contributed by atoms with van der Waals surface area (Å²) in [5, 5.41) is 7.81. The molecule has 2 rings (SSSR count). The van der Waals surface area contributed by atoms with Crippen LogP contribution in [0.5, 0.6) is 0 Å². The highest BCUT2D eigenvalue weighted by Crippen LogP contribution is 2.18. The molecule has 0 saturated heterocycles. The van der Waals surface area contributed by atoms with Crippen molar-refractivity contribution in [3.63, 3.8) is 0 Å². The van der Waals surface area contributed by atoms with Crippen LogP contribution in [0.25, 0.3) is 0 Å². The van der Waals surface area contributed by atoms with E-state index in [-0.39, 0.29) is 0 Å². The Labute approximate surface area is 79.0 Å². The number of aryl methyl sites for hydroxylation is 1. The van der Waals surface area contributed by atoms with Gasteiger partial charge in [-0.25, -0.2) is 15.0 Å². The summed E-state index contributed by atoms with van der Waals surface area (Å²) in [7, 11) is 0. The van der Waals surface area contributed by atoms with Gasteiger partial charge in [0.2, 0.25) is 0 Å². The Morgan fingerprint density at radius 3 is 2.62 bits per heavy atom. The molecule has 0 unspecified atom stereocenters. The maximum absolute atomic E-state index is 4.12. The SMILES string of the molecule is Cc1cnc(Sc2ncn[nH]2)nc1. The van der Waals surface area contributed by atoms with Gasteiger partial charge in [0.05, 0.1) is 0 Å². The molecule has 0 aliphatic carbocycles. The van der Waals surface area contributed by atoms with Crippen molar-refractivity contribution in [3.8, 4) is 0 Å². The van der Waals surface area contributed by atoms with Gasteiger partial charge in [0.25, 0.3) is 0 Å². The highest BCUT2D eigenvalue weighted by atomic mass is 32.2. The quantitative estimate of drug-likeness (QED) is 0.722. The van der Waals surface area contributed by atoms with Gasteiger partial charge in [-0.1, -0.05) is 0 Å². The molecule has 2 aromatic heterocycles. The second-order valence-electron chi connectivity index (χ2n) is 2.44. The highest BCUT2D eigenvalue weighted by molar-refractivity contribution is 7.99. The molecule has 0 amide bonds. The maximum Gasteiger partial charge on any atom is 0.195 e. The monoisotopic (exact) mass is 193 g/mol. The molecule has 13 heavy (non-hydrogen) atoms. The van der Waals surface area contributed by atoms with Crippen molar-refractivity contribution in [2.24, 2.45) is 0 Å². The van der Waals surface area contributed by atoms with Crippen molar-refractivity contribution in [1.29, 1.82) is 0 Å². The fourth-order valence-corrected chi connectivity index (χ4v) is 1.35. The zero-order valence-electron chi connectivity index (χ0n) is 6.93. The zero-order chi connectivity index (χ0) is 9.10. The van der Waals surface area contributed by atoms with E-state index >= 15 is 0 Å². The number of hydrogen-bond donors (Lipinski definition) is 1. The Hall–Kier alpha value is -1.43. The summed E-state index contributed by atoms with van der Waals surface area (Å²) in [4.78, 5) is 12.2. The Morgan fingerprint density at radius 1 is 1.23 bits per heavy atom. The molecule has 0 aromatic carbocycles. The lowest BCUT2D eigenvalue weighted by atomic mass is 10.4. The third-order valence-corrected chi connectivity index (χ3v) is 2.12. The molecular formula is C7H7N5S. The molecule has 0 spiro atoms. The van der Waals surface area contributed by atoms with Crippen LogP contribution in [0.15, 0.2) is 29.0 Å². The Kier molecular flexibility index (Phi) is 2.22. The van der Waals surface area contributed by atoms with Gasteiger partial charge in [-0.2, -0.15) is 5.10 Å². The average Bonchev–Trinajstić information content (AvgIpc) is 2.62. The van der Waals surface area contributed by atoms with Gasteiger partial charge in [0.15, 0.2) is 10.3 Å². The van der Waals surface area contributed by atoms with E-state index in [4.69, 9.17) is 0 Å². The van der Waals surface area contributed by atoms with Crippen LogP contribution >= 0.6 is 11.8 Å². The van der Waals surface area contributed by atoms with E-state index in [9.17, 15) is 0 Å². The molecule has 6 heteroatoms. The van der Waals surface area contributed by atoms with Crippen molar-refractivity contribution in [2.75, 3.05) is 0 Å². The van der Waals surface area contributed by atoms with Gasteiger partial charge >= 0.3 is 0 Å². The Morgan fingerprint density at radius 2 is 2.00 bits per heavy atom. The predicted octanol–water partition coefficient (Wildman–Crippen LogP) is 1.05. The summed E-state index contributed by atoms with van der Waals surface area (Å²) in [6.07, 6.45) is 4.99. The molecule has 0 aliphatic heterocycles. The second-order valence-corrected chi connectivity index (χ2v) is 3.39. The normalized spacial score (nSPS) is 10.2. The van der Waals surface area contributed by atoms with Crippen LogP contribution in [0.1, 0.15) is 5.56 Å². The molecule has 0 fully saturated rings. The first-order chi connectivity index (χ1) is 6.34. The first-order valence-corrected chi connectivity index (χ1v) is 4.48. The van der Waals surface area contributed by atoms with Gasteiger partial charge in [0.1, 0.15) is 6.33 Å². The first-order valence-electron chi connectivity index (χ1n) is 3.66. The van der Waals surface area contributed by atoms with Crippen LogP contribution in [-0.4, -0.2) is 25.1 Å². The van der Waals surface area contributed by atoms with Gasteiger partial charge in [-0.05, 0) is 24.2 Å².